The second-order valence-corrected chi connectivity index (χ2v) is 3.00. The largest absolute Gasteiger partial charge is 0.469 e. The van der Waals surface area contributed by atoms with Crippen molar-refractivity contribution in [3.05, 3.63) is 0 Å². The van der Waals surface area contributed by atoms with Crippen molar-refractivity contribution in [3.63, 3.8) is 0 Å². The Hall–Kier alpha value is 0.0700. The maximum atomic E-state index is 9.95. The number of rotatable bonds is 3. The van der Waals surface area contributed by atoms with Gasteiger partial charge in [0, 0.05) is 6.04 Å². The summed E-state index contributed by atoms with van der Waals surface area (Å²) in [5, 5.41) is 0. The fourth-order valence-corrected chi connectivity index (χ4v) is 0.644. The molecule has 0 radical (unpaired) electrons. The van der Waals surface area contributed by atoms with E-state index in [2.05, 4.69) is 4.52 Å². The fraction of sp³-hybridized carbons (Fsp3) is 1.00. The second kappa shape index (κ2) is 3.29. The van der Waals surface area contributed by atoms with Gasteiger partial charge in [-0.25, -0.2) is 4.57 Å². The van der Waals surface area contributed by atoms with E-state index in [9.17, 15) is 4.57 Å². The first-order chi connectivity index (χ1) is 3.92. The fourth-order valence-electron chi connectivity index (χ4n) is 0.215. The Labute approximate surface area is 53.1 Å². The molecular weight excluding hydrogens is 145 g/mol. The van der Waals surface area contributed by atoms with Crippen molar-refractivity contribution < 1.29 is 18.9 Å². The van der Waals surface area contributed by atoms with Gasteiger partial charge in [0.15, 0.2) is 0 Å². The van der Waals surface area contributed by atoms with E-state index < -0.39 is 7.82 Å². The minimum Gasteiger partial charge on any atom is -0.326 e. The molecular formula is C3H10NO4P. The van der Waals surface area contributed by atoms with E-state index in [1.165, 1.54) is 0 Å². The second-order valence-electron chi connectivity index (χ2n) is 1.76. The van der Waals surface area contributed by atoms with Crippen molar-refractivity contribution in [2.45, 2.75) is 13.0 Å². The average Bonchev–Trinajstić information content (AvgIpc) is 1.59. The molecule has 5 nitrogen and oxygen atoms in total. The zero-order valence-corrected chi connectivity index (χ0v) is 5.91. The zero-order valence-electron chi connectivity index (χ0n) is 5.02. The summed E-state index contributed by atoms with van der Waals surface area (Å²) in [4.78, 5) is 16.2. The van der Waals surface area contributed by atoms with E-state index in [4.69, 9.17) is 15.5 Å². The highest BCUT2D eigenvalue weighted by molar-refractivity contribution is 7.46. The van der Waals surface area contributed by atoms with Crippen LogP contribution in [0.15, 0.2) is 0 Å². The molecule has 0 saturated carbocycles. The summed E-state index contributed by atoms with van der Waals surface area (Å²) in [7, 11) is -4.30. The van der Waals surface area contributed by atoms with Gasteiger partial charge in [-0.3, -0.25) is 4.52 Å². The van der Waals surface area contributed by atoms with E-state index in [1.807, 2.05) is 0 Å². The van der Waals surface area contributed by atoms with Gasteiger partial charge in [-0.2, -0.15) is 0 Å². The number of hydrogen-bond acceptors (Lipinski definition) is 3. The van der Waals surface area contributed by atoms with Gasteiger partial charge in [0.25, 0.3) is 0 Å². The average molecular weight is 155 g/mol. The molecule has 0 aromatic heterocycles. The molecule has 0 rings (SSSR count). The summed E-state index contributed by atoms with van der Waals surface area (Å²) in [6.07, 6.45) is 0. The van der Waals surface area contributed by atoms with E-state index in [1.54, 1.807) is 6.92 Å². The first-order valence-electron chi connectivity index (χ1n) is 2.37. The molecule has 0 aliphatic rings. The highest BCUT2D eigenvalue weighted by Crippen LogP contribution is 2.35. The van der Waals surface area contributed by atoms with E-state index in [0.717, 1.165) is 0 Å². The summed E-state index contributed by atoms with van der Waals surface area (Å²) in [5.41, 5.74) is 5.13. The summed E-state index contributed by atoms with van der Waals surface area (Å²) in [6.45, 7) is 1.47. The van der Waals surface area contributed by atoms with Crippen LogP contribution in [0.1, 0.15) is 6.92 Å². The molecule has 9 heavy (non-hydrogen) atoms. The van der Waals surface area contributed by atoms with E-state index in [0.29, 0.717) is 0 Å². The van der Waals surface area contributed by atoms with Crippen LogP contribution in [0.3, 0.4) is 0 Å². The van der Waals surface area contributed by atoms with Crippen LogP contribution in [0, 0.1) is 0 Å². The van der Waals surface area contributed by atoms with Gasteiger partial charge in [-0.1, -0.05) is 0 Å². The summed E-state index contributed by atoms with van der Waals surface area (Å²) in [5.74, 6) is 0. The third-order valence-electron chi connectivity index (χ3n) is 0.506. The monoisotopic (exact) mass is 155 g/mol. The summed E-state index contributed by atoms with van der Waals surface area (Å²) >= 11 is 0. The van der Waals surface area contributed by atoms with E-state index >= 15 is 0 Å². The van der Waals surface area contributed by atoms with Gasteiger partial charge in [0.2, 0.25) is 0 Å². The maximum absolute atomic E-state index is 9.95. The van der Waals surface area contributed by atoms with Crippen molar-refractivity contribution in [3.8, 4) is 0 Å². The summed E-state index contributed by atoms with van der Waals surface area (Å²) < 4.78 is 14.0. The number of phosphoric ester groups is 1. The Balaban J connectivity index is 3.40. The molecule has 0 fully saturated rings. The molecule has 0 amide bonds. The lowest BCUT2D eigenvalue weighted by molar-refractivity contribution is 0.189. The number of phosphoric acid groups is 1. The highest BCUT2D eigenvalue weighted by atomic mass is 31.2. The van der Waals surface area contributed by atoms with Crippen LogP contribution in [0.2, 0.25) is 0 Å². The lowest BCUT2D eigenvalue weighted by atomic mass is 10.4. The van der Waals surface area contributed by atoms with Gasteiger partial charge >= 0.3 is 7.82 Å². The van der Waals surface area contributed by atoms with Crippen LogP contribution in [0.5, 0.6) is 0 Å². The minimum absolute atomic E-state index is 0.121. The van der Waals surface area contributed by atoms with Gasteiger partial charge < -0.3 is 15.5 Å². The van der Waals surface area contributed by atoms with Crippen molar-refractivity contribution in [2.24, 2.45) is 5.73 Å². The molecule has 0 aromatic rings. The molecule has 6 heteroatoms. The SMILES string of the molecule is CC(N)COP(=O)(O)O. The number of nitrogens with two attached hydrogens (primary N) is 1. The molecule has 0 saturated heterocycles. The minimum atomic E-state index is -4.30. The van der Waals surface area contributed by atoms with Crippen molar-refractivity contribution in [1.82, 2.24) is 0 Å². The quantitative estimate of drug-likeness (QED) is 0.475. The molecule has 0 aliphatic heterocycles. The Morgan fingerprint density at radius 2 is 2.22 bits per heavy atom. The molecule has 1 unspecified atom stereocenters. The Morgan fingerprint density at radius 1 is 1.78 bits per heavy atom. The molecule has 4 N–H and O–H groups in total. The predicted molar refractivity (Wildman–Crippen MR) is 31.6 cm³/mol. The standard InChI is InChI=1S/C3H10NO4P/c1-3(4)2-8-9(5,6)7/h3H,2,4H2,1H3,(H2,5,6,7). The van der Waals surface area contributed by atoms with Crippen LogP contribution in [0.4, 0.5) is 0 Å². The lowest BCUT2D eigenvalue weighted by Crippen LogP contribution is -2.20. The molecule has 0 aromatic carbocycles. The topological polar surface area (TPSA) is 92.8 Å². The van der Waals surface area contributed by atoms with Crippen LogP contribution < -0.4 is 5.73 Å². The van der Waals surface area contributed by atoms with Gasteiger partial charge in [-0.05, 0) is 6.92 Å². The van der Waals surface area contributed by atoms with Gasteiger partial charge in [0.1, 0.15) is 0 Å². The highest BCUT2D eigenvalue weighted by Gasteiger charge is 2.13. The molecule has 1 atom stereocenters. The third kappa shape index (κ3) is 8.07. The maximum Gasteiger partial charge on any atom is 0.469 e. The van der Waals surface area contributed by atoms with Crippen LogP contribution in [-0.4, -0.2) is 22.4 Å². The molecule has 56 valence electrons. The summed E-state index contributed by atoms with van der Waals surface area (Å²) in [6, 6.07) is -0.349. The molecule has 0 heterocycles. The first-order valence-corrected chi connectivity index (χ1v) is 3.90. The smallest absolute Gasteiger partial charge is 0.326 e. The Morgan fingerprint density at radius 3 is 2.33 bits per heavy atom. The zero-order chi connectivity index (χ0) is 7.49. The first kappa shape index (κ1) is 9.07. The van der Waals surface area contributed by atoms with Crippen LogP contribution in [-0.2, 0) is 9.09 Å². The Bertz CT molecular complexity index is 119. The van der Waals surface area contributed by atoms with Crippen molar-refractivity contribution >= 4 is 7.82 Å². The molecule has 0 bridgehead atoms. The number of hydrogen-bond donors (Lipinski definition) is 3. The van der Waals surface area contributed by atoms with Gasteiger partial charge in [0.05, 0.1) is 6.61 Å². The predicted octanol–water partition coefficient (Wildman–Crippen LogP) is -0.557. The van der Waals surface area contributed by atoms with Gasteiger partial charge in [-0.15, -0.1) is 0 Å². The lowest BCUT2D eigenvalue weighted by Gasteiger charge is -2.06. The van der Waals surface area contributed by atoms with E-state index in [-0.39, 0.29) is 12.6 Å². The molecule has 0 aliphatic carbocycles. The normalized spacial score (nSPS) is 15.6. The molecule has 0 spiro atoms. The Kier molecular flexibility index (Phi) is 3.32. The van der Waals surface area contributed by atoms with Crippen molar-refractivity contribution in [1.29, 1.82) is 0 Å². The van der Waals surface area contributed by atoms with Crippen molar-refractivity contribution in [2.75, 3.05) is 6.61 Å². The van der Waals surface area contributed by atoms with Crippen LogP contribution >= 0.6 is 7.82 Å². The third-order valence-corrected chi connectivity index (χ3v) is 0.991. The van der Waals surface area contributed by atoms with Crippen LogP contribution in [0.25, 0.3) is 0 Å².